The molecule has 0 aromatic heterocycles. The zero-order valence-corrected chi connectivity index (χ0v) is 13.6. The summed E-state index contributed by atoms with van der Waals surface area (Å²) in [5.41, 5.74) is 1.14. The van der Waals surface area contributed by atoms with Gasteiger partial charge in [-0.25, -0.2) is 0 Å². The van der Waals surface area contributed by atoms with Crippen LogP contribution in [-0.4, -0.2) is 66.4 Å². The lowest BCUT2D eigenvalue weighted by molar-refractivity contribution is -0.137. The number of carbonyl (C=O) groups excluding carboxylic acids is 1. The number of amides is 1. The molecule has 2 aliphatic heterocycles. The molecular weight excluding hydrogens is 274 g/mol. The molecule has 1 unspecified atom stereocenters. The van der Waals surface area contributed by atoms with Gasteiger partial charge < -0.3 is 9.80 Å². The van der Waals surface area contributed by atoms with E-state index in [0.29, 0.717) is 5.91 Å². The first-order valence-corrected chi connectivity index (χ1v) is 8.59. The molecule has 1 atom stereocenters. The molecule has 3 rings (SSSR count). The first-order chi connectivity index (χ1) is 10.8. The van der Waals surface area contributed by atoms with E-state index in [2.05, 4.69) is 33.8 Å². The van der Waals surface area contributed by atoms with E-state index in [4.69, 9.17) is 0 Å². The van der Waals surface area contributed by atoms with Gasteiger partial charge in [0.2, 0.25) is 5.91 Å². The Hall–Kier alpha value is -1.39. The van der Waals surface area contributed by atoms with Gasteiger partial charge in [-0.15, -0.1) is 0 Å². The standard InChI is InChI=1S/C18H27N3O/c1-2-19-12-14-20(15-13-19)17(16-8-4-3-5-9-16)18(22)21-10-6-7-11-21/h3-5,8-9,17H,2,6-7,10-15H2,1H3. The molecule has 2 aliphatic rings. The molecule has 2 heterocycles. The summed E-state index contributed by atoms with van der Waals surface area (Å²) in [6.07, 6.45) is 2.30. The molecule has 0 saturated carbocycles. The third-order valence-electron chi connectivity index (χ3n) is 4.99. The van der Waals surface area contributed by atoms with Gasteiger partial charge in [-0.2, -0.15) is 0 Å². The molecule has 2 saturated heterocycles. The fourth-order valence-corrected chi connectivity index (χ4v) is 3.59. The average molecular weight is 301 g/mol. The van der Waals surface area contributed by atoms with Gasteiger partial charge in [0.25, 0.3) is 0 Å². The Morgan fingerprint density at radius 1 is 1.00 bits per heavy atom. The predicted octanol–water partition coefficient (Wildman–Crippen LogP) is 1.99. The number of carbonyl (C=O) groups is 1. The van der Waals surface area contributed by atoms with Crippen molar-refractivity contribution in [1.29, 1.82) is 0 Å². The molecular formula is C18H27N3O. The molecule has 0 aliphatic carbocycles. The van der Waals surface area contributed by atoms with E-state index in [1.165, 1.54) is 0 Å². The van der Waals surface area contributed by atoms with E-state index in [1.807, 2.05) is 18.2 Å². The van der Waals surface area contributed by atoms with Crippen molar-refractivity contribution in [2.24, 2.45) is 0 Å². The van der Waals surface area contributed by atoms with Gasteiger partial charge in [0, 0.05) is 39.3 Å². The van der Waals surface area contributed by atoms with Crippen LogP contribution in [0.15, 0.2) is 30.3 Å². The van der Waals surface area contributed by atoms with Crippen molar-refractivity contribution >= 4 is 5.91 Å². The molecule has 2 fully saturated rings. The van der Waals surface area contributed by atoms with Crippen molar-refractivity contribution < 1.29 is 4.79 Å². The van der Waals surface area contributed by atoms with Crippen LogP contribution >= 0.6 is 0 Å². The van der Waals surface area contributed by atoms with Crippen LogP contribution in [-0.2, 0) is 4.79 Å². The van der Waals surface area contributed by atoms with Crippen LogP contribution in [0, 0.1) is 0 Å². The Morgan fingerprint density at radius 3 is 2.23 bits per heavy atom. The summed E-state index contributed by atoms with van der Waals surface area (Å²) in [6.45, 7) is 9.25. The second kappa shape index (κ2) is 7.25. The van der Waals surface area contributed by atoms with Gasteiger partial charge in [0.05, 0.1) is 0 Å². The van der Waals surface area contributed by atoms with Crippen LogP contribution in [0.1, 0.15) is 31.4 Å². The maximum Gasteiger partial charge on any atom is 0.244 e. The molecule has 0 bridgehead atoms. The van der Waals surface area contributed by atoms with Crippen molar-refractivity contribution in [3.8, 4) is 0 Å². The third kappa shape index (κ3) is 3.33. The Morgan fingerprint density at radius 2 is 1.64 bits per heavy atom. The number of hydrogen-bond donors (Lipinski definition) is 0. The molecule has 1 aromatic carbocycles. The highest BCUT2D eigenvalue weighted by Crippen LogP contribution is 2.26. The Kier molecular flexibility index (Phi) is 5.11. The maximum atomic E-state index is 13.1. The number of piperazine rings is 1. The fraction of sp³-hybridized carbons (Fsp3) is 0.611. The molecule has 4 heteroatoms. The summed E-state index contributed by atoms with van der Waals surface area (Å²) < 4.78 is 0. The summed E-state index contributed by atoms with van der Waals surface area (Å²) >= 11 is 0. The average Bonchev–Trinajstić information content (AvgIpc) is 3.11. The van der Waals surface area contributed by atoms with E-state index < -0.39 is 0 Å². The van der Waals surface area contributed by atoms with Gasteiger partial charge in [-0.3, -0.25) is 9.69 Å². The number of hydrogen-bond acceptors (Lipinski definition) is 3. The van der Waals surface area contributed by atoms with E-state index in [-0.39, 0.29) is 6.04 Å². The molecule has 120 valence electrons. The maximum absolute atomic E-state index is 13.1. The molecule has 1 aromatic rings. The summed E-state index contributed by atoms with van der Waals surface area (Å²) in [5, 5.41) is 0. The minimum absolute atomic E-state index is 0.0988. The summed E-state index contributed by atoms with van der Waals surface area (Å²) in [4.78, 5) is 20.0. The lowest BCUT2D eigenvalue weighted by Crippen LogP contribution is -2.51. The highest BCUT2D eigenvalue weighted by atomic mass is 16.2. The normalized spacial score (nSPS) is 22.0. The second-order valence-corrected chi connectivity index (χ2v) is 6.32. The third-order valence-corrected chi connectivity index (χ3v) is 4.99. The number of benzene rings is 1. The number of likely N-dealkylation sites (tertiary alicyclic amines) is 1. The largest absolute Gasteiger partial charge is 0.341 e. The summed E-state index contributed by atoms with van der Waals surface area (Å²) in [6, 6.07) is 10.2. The molecule has 0 N–H and O–H groups in total. The summed E-state index contributed by atoms with van der Waals surface area (Å²) in [7, 11) is 0. The van der Waals surface area contributed by atoms with Crippen LogP contribution < -0.4 is 0 Å². The first kappa shape index (κ1) is 15.5. The van der Waals surface area contributed by atoms with Crippen molar-refractivity contribution in [3.63, 3.8) is 0 Å². The molecule has 4 nitrogen and oxygen atoms in total. The molecule has 0 radical (unpaired) electrons. The highest BCUT2D eigenvalue weighted by molar-refractivity contribution is 5.83. The van der Waals surface area contributed by atoms with Crippen LogP contribution in [0.5, 0.6) is 0 Å². The van der Waals surface area contributed by atoms with Crippen LogP contribution in [0.25, 0.3) is 0 Å². The number of likely N-dealkylation sites (N-methyl/N-ethyl adjacent to an activating group) is 1. The van der Waals surface area contributed by atoms with Gasteiger partial charge >= 0.3 is 0 Å². The Labute approximate surface area is 133 Å². The number of nitrogens with zero attached hydrogens (tertiary/aromatic N) is 3. The fourth-order valence-electron chi connectivity index (χ4n) is 3.59. The van der Waals surface area contributed by atoms with Crippen molar-refractivity contribution in [1.82, 2.24) is 14.7 Å². The van der Waals surface area contributed by atoms with E-state index in [9.17, 15) is 4.79 Å². The van der Waals surface area contributed by atoms with E-state index >= 15 is 0 Å². The zero-order chi connectivity index (χ0) is 15.4. The minimum atomic E-state index is -0.0988. The first-order valence-electron chi connectivity index (χ1n) is 8.59. The van der Waals surface area contributed by atoms with Crippen LogP contribution in [0.3, 0.4) is 0 Å². The van der Waals surface area contributed by atoms with E-state index in [0.717, 1.165) is 64.2 Å². The highest BCUT2D eigenvalue weighted by Gasteiger charge is 2.33. The molecule has 22 heavy (non-hydrogen) atoms. The minimum Gasteiger partial charge on any atom is -0.341 e. The number of rotatable bonds is 4. The van der Waals surface area contributed by atoms with Gasteiger partial charge in [0.15, 0.2) is 0 Å². The van der Waals surface area contributed by atoms with E-state index in [1.54, 1.807) is 0 Å². The Balaban J connectivity index is 1.79. The quantitative estimate of drug-likeness (QED) is 0.851. The van der Waals surface area contributed by atoms with Crippen LogP contribution in [0.4, 0.5) is 0 Å². The van der Waals surface area contributed by atoms with Crippen LogP contribution in [0.2, 0.25) is 0 Å². The monoisotopic (exact) mass is 301 g/mol. The lowest BCUT2D eigenvalue weighted by Gasteiger charge is -2.39. The molecule has 0 spiro atoms. The SMILES string of the molecule is CCN1CCN(C(C(=O)N2CCCC2)c2ccccc2)CC1. The second-order valence-electron chi connectivity index (χ2n) is 6.32. The predicted molar refractivity (Wildman–Crippen MR) is 88.7 cm³/mol. The van der Waals surface area contributed by atoms with Gasteiger partial charge in [-0.1, -0.05) is 37.3 Å². The van der Waals surface area contributed by atoms with Crippen molar-refractivity contribution in [3.05, 3.63) is 35.9 Å². The summed E-state index contributed by atoms with van der Waals surface area (Å²) in [5.74, 6) is 0.300. The zero-order valence-electron chi connectivity index (χ0n) is 13.6. The van der Waals surface area contributed by atoms with Crippen molar-refractivity contribution in [2.45, 2.75) is 25.8 Å². The Bertz CT molecular complexity index is 476. The lowest BCUT2D eigenvalue weighted by atomic mass is 10.0. The molecule has 1 amide bonds. The van der Waals surface area contributed by atoms with Gasteiger partial charge in [-0.05, 0) is 24.9 Å². The smallest absolute Gasteiger partial charge is 0.244 e. The van der Waals surface area contributed by atoms with Gasteiger partial charge in [0.1, 0.15) is 6.04 Å². The topological polar surface area (TPSA) is 26.8 Å². The van der Waals surface area contributed by atoms with Crippen molar-refractivity contribution in [2.75, 3.05) is 45.8 Å².